The molecule has 17 heavy (non-hydrogen) atoms. The minimum atomic E-state index is 0.395. The fourth-order valence-corrected chi connectivity index (χ4v) is 1.79. The van der Waals surface area contributed by atoms with Crippen LogP contribution in [0.4, 0.5) is 5.95 Å². The summed E-state index contributed by atoms with van der Waals surface area (Å²) >= 11 is 3.34. The highest BCUT2D eigenvalue weighted by molar-refractivity contribution is 9.10. The Kier molecular flexibility index (Phi) is 3.11. The van der Waals surface area contributed by atoms with Gasteiger partial charge in [0.2, 0.25) is 0 Å². The van der Waals surface area contributed by atoms with Crippen LogP contribution in [-0.2, 0) is 0 Å². The molecule has 0 N–H and O–H groups in total. The number of rotatable bonds is 2. The van der Waals surface area contributed by atoms with Gasteiger partial charge in [-0.15, -0.1) is 0 Å². The number of halogens is 1. The Hall–Kier alpha value is -1.87. The molecule has 1 aromatic carbocycles. The second-order valence-corrected chi connectivity index (χ2v) is 4.55. The van der Waals surface area contributed by atoms with E-state index in [1.54, 1.807) is 17.0 Å². The molecule has 0 aliphatic carbocycles. The molecule has 86 valence electrons. The zero-order valence-electron chi connectivity index (χ0n) is 9.31. The zero-order valence-corrected chi connectivity index (χ0v) is 10.9. The Labute approximate surface area is 107 Å². The molecule has 0 saturated heterocycles. The summed E-state index contributed by atoms with van der Waals surface area (Å²) in [5.41, 5.74) is 1.26. The molecular formula is C11H9BrN4O. The minimum absolute atomic E-state index is 0.395. The minimum Gasteiger partial charge on any atom is -0.344 e. The molecule has 2 aromatic rings. The second-order valence-electron chi connectivity index (χ2n) is 3.63. The number of aromatic nitrogens is 2. The first-order valence-electron chi connectivity index (χ1n) is 4.82. The maximum atomic E-state index is 8.88. The van der Waals surface area contributed by atoms with Crippen molar-refractivity contribution in [3.63, 3.8) is 0 Å². The van der Waals surface area contributed by atoms with E-state index in [0.717, 1.165) is 10.0 Å². The van der Waals surface area contributed by atoms with Gasteiger partial charge in [0.1, 0.15) is 0 Å². The van der Waals surface area contributed by atoms with E-state index < -0.39 is 0 Å². The van der Waals surface area contributed by atoms with Crippen LogP contribution in [0.3, 0.4) is 0 Å². The Morgan fingerprint density at radius 1 is 1.35 bits per heavy atom. The summed E-state index contributed by atoms with van der Waals surface area (Å²) in [6.07, 6.45) is 0. The highest BCUT2D eigenvalue weighted by Crippen LogP contribution is 2.24. The fourth-order valence-electron chi connectivity index (χ4n) is 1.29. The zero-order chi connectivity index (χ0) is 12.4. The molecule has 0 spiro atoms. The van der Waals surface area contributed by atoms with Crippen LogP contribution < -0.4 is 4.90 Å². The van der Waals surface area contributed by atoms with Crippen LogP contribution in [0.15, 0.2) is 27.2 Å². The average Bonchev–Trinajstić information content (AvgIpc) is 2.77. The van der Waals surface area contributed by atoms with Gasteiger partial charge in [-0.2, -0.15) is 10.2 Å². The molecule has 0 radical (unpaired) electrons. The van der Waals surface area contributed by atoms with Gasteiger partial charge in [0, 0.05) is 24.1 Å². The third-order valence-electron chi connectivity index (χ3n) is 2.09. The highest BCUT2D eigenvalue weighted by atomic mass is 79.9. The molecule has 2 rings (SSSR count). The molecule has 5 nitrogen and oxygen atoms in total. The lowest BCUT2D eigenvalue weighted by Gasteiger charge is -2.02. The summed E-state index contributed by atoms with van der Waals surface area (Å²) in [5, 5.41) is 12.7. The molecule has 1 heterocycles. The predicted octanol–water partition coefficient (Wildman–Crippen LogP) is 2.44. The number of hydrogen-bond donors (Lipinski definition) is 0. The van der Waals surface area contributed by atoms with Gasteiger partial charge in [0.05, 0.1) is 11.6 Å². The van der Waals surface area contributed by atoms with Crippen LogP contribution in [0.25, 0.3) is 11.5 Å². The van der Waals surface area contributed by atoms with Crippen LogP contribution in [0.5, 0.6) is 0 Å². The van der Waals surface area contributed by atoms with Gasteiger partial charge < -0.3 is 9.42 Å². The van der Waals surface area contributed by atoms with Gasteiger partial charge in [-0.25, -0.2) is 0 Å². The van der Waals surface area contributed by atoms with Crippen LogP contribution in [0.2, 0.25) is 0 Å². The molecule has 0 aliphatic rings. The maximum absolute atomic E-state index is 8.88. The smallest absolute Gasteiger partial charge is 0.265 e. The van der Waals surface area contributed by atoms with Gasteiger partial charge >= 0.3 is 0 Å². The Morgan fingerprint density at radius 3 is 2.71 bits per heavy atom. The molecule has 0 aliphatic heterocycles. The number of nitrogens with zero attached hydrogens (tertiary/aromatic N) is 4. The van der Waals surface area contributed by atoms with Crippen LogP contribution in [-0.4, -0.2) is 24.2 Å². The maximum Gasteiger partial charge on any atom is 0.265 e. The standard InChI is InChI=1S/C11H9BrN4O/c1-16(2)11-14-10(17-15-11)8-3-7(6-13)4-9(12)5-8/h3-5H,1-2H3. The van der Waals surface area contributed by atoms with E-state index in [1.165, 1.54) is 0 Å². The van der Waals surface area contributed by atoms with Crippen molar-refractivity contribution in [2.45, 2.75) is 0 Å². The van der Waals surface area contributed by atoms with Gasteiger partial charge in [-0.3, -0.25) is 0 Å². The quantitative estimate of drug-likeness (QED) is 0.850. The van der Waals surface area contributed by atoms with E-state index in [0.29, 0.717) is 17.4 Å². The van der Waals surface area contributed by atoms with Crippen molar-refractivity contribution in [3.05, 3.63) is 28.2 Å². The van der Waals surface area contributed by atoms with Crippen LogP contribution in [0, 0.1) is 11.3 Å². The lowest BCUT2D eigenvalue weighted by atomic mass is 10.1. The van der Waals surface area contributed by atoms with Gasteiger partial charge in [-0.05, 0) is 23.4 Å². The van der Waals surface area contributed by atoms with Crippen LogP contribution >= 0.6 is 15.9 Å². The van der Waals surface area contributed by atoms with Crippen molar-refractivity contribution in [3.8, 4) is 17.5 Å². The summed E-state index contributed by atoms with van der Waals surface area (Å²) < 4.78 is 5.94. The summed E-state index contributed by atoms with van der Waals surface area (Å²) in [6.45, 7) is 0. The van der Waals surface area contributed by atoms with Crippen molar-refractivity contribution in [1.29, 1.82) is 5.26 Å². The second kappa shape index (κ2) is 4.55. The Balaban J connectivity index is 2.45. The first-order valence-corrected chi connectivity index (χ1v) is 5.61. The van der Waals surface area contributed by atoms with Crippen molar-refractivity contribution >= 4 is 21.9 Å². The molecule has 1 aromatic heterocycles. The number of anilines is 1. The van der Waals surface area contributed by atoms with E-state index >= 15 is 0 Å². The molecule has 0 bridgehead atoms. The highest BCUT2D eigenvalue weighted by Gasteiger charge is 2.11. The van der Waals surface area contributed by atoms with Crippen molar-refractivity contribution in [2.24, 2.45) is 0 Å². The molecular weight excluding hydrogens is 284 g/mol. The molecule has 6 heteroatoms. The van der Waals surface area contributed by atoms with Crippen molar-refractivity contribution in [1.82, 2.24) is 10.1 Å². The number of benzene rings is 1. The number of nitriles is 1. The lowest BCUT2D eigenvalue weighted by Crippen LogP contribution is -2.10. The average molecular weight is 293 g/mol. The fraction of sp³-hybridized carbons (Fsp3) is 0.182. The molecule has 0 fully saturated rings. The third-order valence-corrected chi connectivity index (χ3v) is 2.55. The molecule has 0 atom stereocenters. The SMILES string of the molecule is CN(C)c1noc(-c2cc(Br)cc(C#N)c2)n1. The summed E-state index contributed by atoms with van der Waals surface area (Å²) in [5.74, 6) is 0.894. The topological polar surface area (TPSA) is 66.0 Å². The largest absolute Gasteiger partial charge is 0.344 e. The first-order chi connectivity index (χ1) is 8.10. The molecule has 0 saturated carbocycles. The van der Waals surface area contributed by atoms with Gasteiger partial charge in [0.25, 0.3) is 11.8 Å². The summed E-state index contributed by atoms with van der Waals surface area (Å²) in [4.78, 5) is 5.96. The predicted molar refractivity (Wildman–Crippen MR) is 66.5 cm³/mol. The monoisotopic (exact) mass is 292 g/mol. The van der Waals surface area contributed by atoms with Crippen molar-refractivity contribution < 1.29 is 4.52 Å². The molecule has 0 amide bonds. The molecule has 0 unspecified atom stereocenters. The van der Waals surface area contributed by atoms with Crippen LogP contribution in [0.1, 0.15) is 5.56 Å². The van der Waals surface area contributed by atoms with E-state index in [2.05, 4.69) is 32.1 Å². The Morgan fingerprint density at radius 2 is 2.12 bits per heavy atom. The first kappa shape index (κ1) is 11.6. The van der Waals surface area contributed by atoms with E-state index in [4.69, 9.17) is 9.78 Å². The van der Waals surface area contributed by atoms with Gasteiger partial charge in [-0.1, -0.05) is 15.9 Å². The summed E-state index contributed by atoms with van der Waals surface area (Å²) in [6, 6.07) is 7.34. The number of hydrogen-bond acceptors (Lipinski definition) is 5. The van der Waals surface area contributed by atoms with Gasteiger partial charge in [0.15, 0.2) is 0 Å². The van der Waals surface area contributed by atoms with Crippen molar-refractivity contribution in [2.75, 3.05) is 19.0 Å². The summed E-state index contributed by atoms with van der Waals surface area (Å²) in [7, 11) is 3.66. The normalized spacial score (nSPS) is 10.0. The van der Waals surface area contributed by atoms with E-state index in [9.17, 15) is 0 Å². The Bertz CT molecular complexity index is 585. The van der Waals surface area contributed by atoms with E-state index in [1.807, 2.05) is 20.2 Å². The lowest BCUT2D eigenvalue weighted by molar-refractivity contribution is 0.431. The third kappa shape index (κ3) is 2.45. The van der Waals surface area contributed by atoms with E-state index in [-0.39, 0.29) is 0 Å².